The van der Waals surface area contributed by atoms with Crippen molar-refractivity contribution in [3.05, 3.63) is 17.5 Å². The molecule has 1 atom stereocenters. The average molecular weight is 327 g/mol. The molecule has 0 spiro atoms. The van der Waals surface area contributed by atoms with Crippen LogP contribution in [-0.2, 0) is 10.0 Å². The third-order valence-corrected chi connectivity index (χ3v) is 4.89. The average Bonchev–Trinajstić information content (AvgIpc) is 3.21. The first-order valence-electron chi connectivity index (χ1n) is 7.66. The smallest absolute Gasteiger partial charge is 0.276 e. The molecule has 0 aromatic carbocycles. The van der Waals surface area contributed by atoms with Gasteiger partial charge in [0.15, 0.2) is 5.69 Å². The lowest BCUT2D eigenvalue weighted by molar-refractivity contribution is 0.0608. The Morgan fingerprint density at radius 2 is 2.18 bits per heavy atom. The van der Waals surface area contributed by atoms with Crippen LogP contribution in [0.2, 0.25) is 0 Å². The molecular formula is C14H21N3O4S. The third kappa shape index (κ3) is 3.67. The molecule has 22 heavy (non-hydrogen) atoms. The number of piperidine rings is 1. The molecule has 2 heterocycles. The van der Waals surface area contributed by atoms with E-state index in [2.05, 4.69) is 9.88 Å². The highest BCUT2D eigenvalue weighted by atomic mass is 32.2. The van der Waals surface area contributed by atoms with Crippen LogP contribution >= 0.6 is 0 Å². The molecular weight excluding hydrogens is 306 g/mol. The highest BCUT2D eigenvalue weighted by molar-refractivity contribution is 7.88. The second kappa shape index (κ2) is 6.00. The Kier molecular flexibility index (Phi) is 4.22. The maximum atomic E-state index is 12.6. The molecule has 1 unspecified atom stereocenters. The van der Waals surface area contributed by atoms with E-state index >= 15 is 0 Å². The number of likely N-dealkylation sites (tertiary alicyclic amines) is 1. The van der Waals surface area contributed by atoms with Crippen molar-refractivity contribution in [2.24, 2.45) is 0 Å². The quantitative estimate of drug-likeness (QED) is 0.874. The van der Waals surface area contributed by atoms with Crippen molar-refractivity contribution >= 4 is 15.9 Å². The van der Waals surface area contributed by atoms with E-state index in [4.69, 9.17) is 4.52 Å². The minimum absolute atomic E-state index is 0.128. The van der Waals surface area contributed by atoms with Crippen LogP contribution in [-0.4, -0.2) is 49.8 Å². The van der Waals surface area contributed by atoms with Gasteiger partial charge in [0.1, 0.15) is 5.76 Å². The van der Waals surface area contributed by atoms with Crippen molar-refractivity contribution in [1.82, 2.24) is 14.8 Å². The molecule has 122 valence electrons. The van der Waals surface area contributed by atoms with E-state index in [9.17, 15) is 13.2 Å². The molecule has 2 fully saturated rings. The highest BCUT2D eigenvalue weighted by Gasteiger charge is 2.32. The second-order valence-electron chi connectivity index (χ2n) is 6.16. The molecule has 8 heteroatoms. The summed E-state index contributed by atoms with van der Waals surface area (Å²) in [5, 5.41) is 3.89. The molecule has 1 aliphatic heterocycles. The summed E-state index contributed by atoms with van der Waals surface area (Å²) in [6.07, 6.45) is 6.02. The van der Waals surface area contributed by atoms with Crippen LogP contribution in [0, 0.1) is 0 Å². The first-order chi connectivity index (χ1) is 10.4. The van der Waals surface area contributed by atoms with Crippen LogP contribution in [0.25, 0.3) is 0 Å². The van der Waals surface area contributed by atoms with Gasteiger partial charge in [-0.05, 0) is 32.1 Å². The topological polar surface area (TPSA) is 92.5 Å². The molecule has 1 amide bonds. The monoisotopic (exact) mass is 327 g/mol. The van der Waals surface area contributed by atoms with Gasteiger partial charge in [-0.3, -0.25) is 4.79 Å². The Morgan fingerprint density at radius 3 is 2.86 bits per heavy atom. The van der Waals surface area contributed by atoms with Crippen molar-refractivity contribution in [1.29, 1.82) is 0 Å². The molecule has 1 saturated heterocycles. The molecule has 0 radical (unpaired) electrons. The standard InChI is InChI=1S/C14H21N3O4S/c1-22(19,20)15-9-11-4-2-3-7-17(11)14(18)12-8-13(21-16-12)10-5-6-10/h8,10-11,15H,2-7,9H2,1H3. The lowest BCUT2D eigenvalue weighted by Gasteiger charge is -2.35. The predicted octanol–water partition coefficient (Wildman–Crippen LogP) is 1.10. The van der Waals surface area contributed by atoms with Crippen LogP contribution in [0.5, 0.6) is 0 Å². The summed E-state index contributed by atoms with van der Waals surface area (Å²) in [4.78, 5) is 14.3. The fraction of sp³-hybridized carbons (Fsp3) is 0.714. The number of nitrogens with one attached hydrogen (secondary N) is 1. The zero-order valence-corrected chi connectivity index (χ0v) is 13.4. The summed E-state index contributed by atoms with van der Waals surface area (Å²) in [5.74, 6) is 1.03. The van der Waals surface area contributed by atoms with Gasteiger partial charge in [-0.2, -0.15) is 0 Å². The van der Waals surface area contributed by atoms with Gasteiger partial charge in [0.25, 0.3) is 5.91 Å². The van der Waals surface area contributed by atoms with E-state index < -0.39 is 10.0 Å². The van der Waals surface area contributed by atoms with Crippen molar-refractivity contribution < 1.29 is 17.7 Å². The molecule has 7 nitrogen and oxygen atoms in total. The Morgan fingerprint density at radius 1 is 1.41 bits per heavy atom. The third-order valence-electron chi connectivity index (χ3n) is 4.20. The van der Waals surface area contributed by atoms with Crippen molar-refractivity contribution in [3.63, 3.8) is 0 Å². The fourth-order valence-corrected chi connectivity index (χ4v) is 3.32. The highest BCUT2D eigenvalue weighted by Crippen LogP contribution is 2.40. The summed E-state index contributed by atoms with van der Waals surface area (Å²) in [5.41, 5.74) is 0.327. The molecule has 2 aliphatic rings. The summed E-state index contributed by atoms with van der Waals surface area (Å²) < 4.78 is 30.3. The molecule has 0 bridgehead atoms. The largest absolute Gasteiger partial charge is 0.360 e. The second-order valence-corrected chi connectivity index (χ2v) is 7.99. The zero-order valence-electron chi connectivity index (χ0n) is 12.6. The lowest BCUT2D eigenvalue weighted by atomic mass is 10.0. The number of amides is 1. The van der Waals surface area contributed by atoms with Crippen molar-refractivity contribution in [2.45, 2.75) is 44.1 Å². The van der Waals surface area contributed by atoms with Crippen molar-refractivity contribution in [3.8, 4) is 0 Å². The molecule has 1 N–H and O–H groups in total. The molecule has 1 aromatic rings. The summed E-state index contributed by atoms with van der Waals surface area (Å²) in [6, 6.07) is 1.60. The van der Waals surface area contributed by atoms with Gasteiger partial charge >= 0.3 is 0 Å². The Labute approximate surface area is 130 Å². The number of sulfonamides is 1. The number of hydrogen-bond acceptors (Lipinski definition) is 5. The number of nitrogens with zero attached hydrogens (tertiary/aromatic N) is 2. The minimum atomic E-state index is -3.26. The van der Waals surface area contributed by atoms with E-state index in [0.29, 0.717) is 18.2 Å². The van der Waals surface area contributed by atoms with E-state index in [1.54, 1.807) is 11.0 Å². The van der Waals surface area contributed by atoms with E-state index in [1.165, 1.54) is 0 Å². The van der Waals surface area contributed by atoms with Crippen LogP contribution < -0.4 is 4.72 Å². The van der Waals surface area contributed by atoms with E-state index in [0.717, 1.165) is 44.1 Å². The van der Waals surface area contributed by atoms with Gasteiger partial charge in [-0.15, -0.1) is 0 Å². The predicted molar refractivity (Wildman–Crippen MR) is 80.0 cm³/mol. The van der Waals surface area contributed by atoms with E-state index in [1.807, 2.05) is 0 Å². The number of aromatic nitrogens is 1. The summed E-state index contributed by atoms with van der Waals surface area (Å²) in [7, 11) is -3.26. The Balaban J connectivity index is 1.69. The van der Waals surface area contributed by atoms with E-state index in [-0.39, 0.29) is 18.5 Å². The van der Waals surface area contributed by atoms with Crippen molar-refractivity contribution in [2.75, 3.05) is 19.3 Å². The summed E-state index contributed by atoms with van der Waals surface area (Å²) >= 11 is 0. The zero-order chi connectivity index (χ0) is 15.7. The summed E-state index contributed by atoms with van der Waals surface area (Å²) in [6.45, 7) is 0.873. The first-order valence-corrected chi connectivity index (χ1v) is 9.55. The van der Waals surface area contributed by atoms with Crippen LogP contribution in [0.4, 0.5) is 0 Å². The van der Waals surface area contributed by atoms with Gasteiger partial charge in [0.2, 0.25) is 10.0 Å². The van der Waals surface area contributed by atoms with Gasteiger partial charge in [0.05, 0.1) is 6.26 Å². The molecule has 3 rings (SSSR count). The van der Waals surface area contributed by atoms with Crippen LogP contribution in [0.3, 0.4) is 0 Å². The number of rotatable bonds is 5. The lowest BCUT2D eigenvalue weighted by Crippen LogP contribution is -2.49. The van der Waals surface area contributed by atoms with Gasteiger partial charge in [-0.1, -0.05) is 5.16 Å². The molecule has 1 aromatic heterocycles. The normalized spacial score (nSPS) is 22.8. The Bertz CT molecular complexity index is 651. The molecule has 1 saturated carbocycles. The maximum absolute atomic E-state index is 12.6. The molecule has 1 aliphatic carbocycles. The number of carbonyl (C=O) groups excluding carboxylic acids is 1. The minimum Gasteiger partial charge on any atom is -0.360 e. The SMILES string of the molecule is CS(=O)(=O)NCC1CCCCN1C(=O)c1cc(C2CC2)on1. The van der Waals surface area contributed by atoms with Crippen LogP contribution in [0.1, 0.15) is 54.3 Å². The van der Waals surface area contributed by atoms with Gasteiger partial charge in [0, 0.05) is 31.1 Å². The first kappa shape index (κ1) is 15.5. The Hall–Kier alpha value is -1.41. The van der Waals surface area contributed by atoms with Gasteiger partial charge in [-0.25, -0.2) is 13.1 Å². The fourth-order valence-electron chi connectivity index (χ4n) is 2.83. The number of hydrogen-bond donors (Lipinski definition) is 1. The van der Waals surface area contributed by atoms with Gasteiger partial charge < -0.3 is 9.42 Å². The maximum Gasteiger partial charge on any atom is 0.276 e. The number of carbonyl (C=O) groups is 1. The van der Waals surface area contributed by atoms with Crippen LogP contribution in [0.15, 0.2) is 10.6 Å².